The van der Waals surface area contributed by atoms with Gasteiger partial charge in [-0.3, -0.25) is 14.5 Å². The number of ketones is 1. The number of aromatic nitrogens is 1. The Labute approximate surface area is 147 Å². The molecule has 0 saturated heterocycles. The zero-order valence-corrected chi connectivity index (χ0v) is 13.5. The topological polar surface area (TPSA) is 70.5 Å². The first-order valence-corrected chi connectivity index (χ1v) is 7.90. The monoisotopic (exact) mass is 364 g/mol. The smallest absolute Gasteiger partial charge is 0.384 e. The molecule has 1 aliphatic rings. The number of nitrogens with zero attached hydrogens (tertiary/aromatic N) is 2. The predicted octanol–water partition coefficient (Wildman–Crippen LogP) is 2.39. The highest BCUT2D eigenvalue weighted by Gasteiger charge is 2.54. The molecular weight excluding hydrogens is 349 g/mol. The van der Waals surface area contributed by atoms with Crippen LogP contribution in [0, 0.1) is 5.92 Å². The summed E-state index contributed by atoms with van der Waals surface area (Å²) in [5.41, 5.74) is 0.549. The van der Waals surface area contributed by atoms with Crippen LogP contribution < -0.4 is 4.90 Å². The van der Waals surface area contributed by atoms with Crippen molar-refractivity contribution in [3.05, 3.63) is 59.8 Å². The van der Waals surface area contributed by atoms with Crippen LogP contribution in [0.3, 0.4) is 0 Å². The zero-order chi connectivity index (χ0) is 18.9. The van der Waals surface area contributed by atoms with Crippen LogP contribution in [0.15, 0.2) is 48.7 Å². The number of aliphatic hydroxyl groups is 1. The van der Waals surface area contributed by atoms with E-state index in [1.165, 1.54) is 30.5 Å². The Kier molecular flexibility index (Phi) is 4.78. The van der Waals surface area contributed by atoms with Crippen molar-refractivity contribution >= 4 is 17.5 Å². The number of carbonyl (C=O) groups excluding carboxylic acids is 2. The summed E-state index contributed by atoms with van der Waals surface area (Å²) in [7, 11) is 0. The van der Waals surface area contributed by atoms with Gasteiger partial charge < -0.3 is 5.11 Å². The summed E-state index contributed by atoms with van der Waals surface area (Å²) in [6.07, 6.45) is -5.88. The second kappa shape index (κ2) is 6.87. The Bertz CT molecular complexity index is 824. The first-order valence-electron chi connectivity index (χ1n) is 7.90. The van der Waals surface area contributed by atoms with Gasteiger partial charge in [-0.15, -0.1) is 0 Å². The van der Waals surface area contributed by atoms with E-state index in [-0.39, 0.29) is 17.9 Å². The Morgan fingerprint density at radius 3 is 2.46 bits per heavy atom. The van der Waals surface area contributed by atoms with E-state index >= 15 is 0 Å². The third-order valence-electron chi connectivity index (χ3n) is 4.26. The lowest BCUT2D eigenvalue weighted by Gasteiger charge is -2.27. The second-order valence-corrected chi connectivity index (χ2v) is 5.92. The summed E-state index contributed by atoms with van der Waals surface area (Å²) in [6.45, 7) is 0.0179. The summed E-state index contributed by atoms with van der Waals surface area (Å²) in [5.74, 6) is -5.26. The lowest BCUT2D eigenvalue weighted by molar-refractivity contribution is -0.195. The maximum atomic E-state index is 13.5. The van der Waals surface area contributed by atoms with Crippen molar-refractivity contribution in [3.8, 4) is 0 Å². The summed E-state index contributed by atoms with van der Waals surface area (Å²) >= 11 is 0. The molecule has 1 aromatic heterocycles. The van der Waals surface area contributed by atoms with Gasteiger partial charge in [-0.05, 0) is 18.1 Å². The molecule has 1 aromatic carbocycles. The van der Waals surface area contributed by atoms with Gasteiger partial charge in [0.25, 0.3) is 0 Å². The number of halogens is 3. The lowest BCUT2D eigenvalue weighted by atomic mass is 9.93. The fraction of sp³-hybridized carbons (Fsp3) is 0.278. The standard InChI is InChI=1S/C18H15F3N2O3/c19-18(20,21)13(15(25)14(24)11-5-2-1-3-6-11)17(26)23-10-8-12-7-4-9-22-16(12)23/h1-7,9,13,15,25H,8,10H2. The molecule has 2 unspecified atom stereocenters. The van der Waals surface area contributed by atoms with Crippen LogP contribution in [0.1, 0.15) is 15.9 Å². The fourth-order valence-electron chi connectivity index (χ4n) is 2.97. The van der Waals surface area contributed by atoms with Crippen molar-refractivity contribution in [1.29, 1.82) is 0 Å². The molecule has 1 aliphatic heterocycles. The number of rotatable bonds is 4. The van der Waals surface area contributed by atoms with Gasteiger partial charge in [0.05, 0.1) is 0 Å². The molecule has 3 rings (SSSR count). The number of amides is 1. The van der Waals surface area contributed by atoms with E-state index in [0.717, 1.165) is 4.90 Å². The van der Waals surface area contributed by atoms with Crippen molar-refractivity contribution in [2.45, 2.75) is 18.7 Å². The first-order chi connectivity index (χ1) is 12.3. The molecular formula is C18H15F3N2O3. The molecule has 0 saturated carbocycles. The minimum atomic E-state index is -5.08. The summed E-state index contributed by atoms with van der Waals surface area (Å²) in [5, 5.41) is 10.1. The van der Waals surface area contributed by atoms with E-state index in [4.69, 9.17) is 0 Å². The number of fused-ring (bicyclic) bond motifs is 1. The van der Waals surface area contributed by atoms with Crippen molar-refractivity contribution in [1.82, 2.24) is 4.98 Å². The molecule has 26 heavy (non-hydrogen) atoms. The maximum absolute atomic E-state index is 13.5. The van der Waals surface area contributed by atoms with E-state index in [0.29, 0.717) is 12.0 Å². The van der Waals surface area contributed by atoms with Crippen LogP contribution in [0.25, 0.3) is 0 Å². The number of anilines is 1. The maximum Gasteiger partial charge on any atom is 0.403 e. The molecule has 0 radical (unpaired) electrons. The lowest BCUT2D eigenvalue weighted by Crippen LogP contribution is -2.50. The number of carbonyl (C=O) groups is 2. The third-order valence-corrected chi connectivity index (χ3v) is 4.26. The summed E-state index contributed by atoms with van der Waals surface area (Å²) in [6, 6.07) is 10.4. The summed E-state index contributed by atoms with van der Waals surface area (Å²) < 4.78 is 40.6. The van der Waals surface area contributed by atoms with Crippen molar-refractivity contribution in [2.75, 3.05) is 11.4 Å². The van der Waals surface area contributed by atoms with Gasteiger partial charge >= 0.3 is 6.18 Å². The summed E-state index contributed by atoms with van der Waals surface area (Å²) in [4.78, 5) is 29.7. The molecule has 1 N–H and O–H groups in total. The van der Waals surface area contributed by atoms with Crippen molar-refractivity contribution < 1.29 is 27.9 Å². The first kappa shape index (κ1) is 18.1. The van der Waals surface area contributed by atoms with E-state index in [2.05, 4.69) is 4.98 Å². The number of Topliss-reactive ketones (excluding diaryl/α,β-unsaturated/α-hetero) is 1. The Hall–Kier alpha value is -2.74. The molecule has 2 atom stereocenters. The van der Waals surface area contributed by atoms with E-state index in [1.807, 2.05) is 0 Å². The van der Waals surface area contributed by atoms with Gasteiger partial charge in [0.1, 0.15) is 11.9 Å². The van der Waals surface area contributed by atoms with Gasteiger partial charge in [-0.2, -0.15) is 13.2 Å². The fourth-order valence-corrected chi connectivity index (χ4v) is 2.97. The van der Waals surface area contributed by atoms with Crippen LogP contribution in [0.4, 0.5) is 19.0 Å². The van der Waals surface area contributed by atoms with E-state index < -0.39 is 29.9 Å². The van der Waals surface area contributed by atoms with Gasteiger partial charge in [0, 0.05) is 18.3 Å². The number of aliphatic hydroxyl groups excluding tert-OH is 1. The molecule has 136 valence electrons. The Morgan fingerprint density at radius 2 is 1.81 bits per heavy atom. The quantitative estimate of drug-likeness (QED) is 0.846. The third kappa shape index (κ3) is 3.32. The van der Waals surface area contributed by atoms with Gasteiger partial charge in [0.15, 0.2) is 11.7 Å². The molecule has 8 heteroatoms. The highest BCUT2D eigenvalue weighted by atomic mass is 19.4. The SMILES string of the molecule is O=C(c1ccccc1)C(O)C(C(=O)N1CCc2cccnc21)C(F)(F)F. The average molecular weight is 364 g/mol. The highest BCUT2D eigenvalue weighted by Crippen LogP contribution is 2.35. The number of alkyl halides is 3. The van der Waals surface area contributed by atoms with Gasteiger partial charge in [-0.25, -0.2) is 4.98 Å². The van der Waals surface area contributed by atoms with Gasteiger partial charge in [-0.1, -0.05) is 36.4 Å². The minimum absolute atomic E-state index is 0.0179. The molecule has 5 nitrogen and oxygen atoms in total. The normalized spacial score (nSPS) is 16.1. The number of hydrogen-bond acceptors (Lipinski definition) is 4. The van der Waals surface area contributed by atoms with E-state index in [1.54, 1.807) is 18.2 Å². The molecule has 1 amide bonds. The molecule has 2 aromatic rings. The Balaban J connectivity index is 1.92. The minimum Gasteiger partial charge on any atom is -0.384 e. The molecule has 0 aliphatic carbocycles. The van der Waals surface area contributed by atoms with Crippen molar-refractivity contribution in [2.24, 2.45) is 5.92 Å². The molecule has 2 heterocycles. The van der Waals surface area contributed by atoms with Crippen LogP contribution in [0.5, 0.6) is 0 Å². The Morgan fingerprint density at radius 1 is 1.12 bits per heavy atom. The highest BCUT2D eigenvalue weighted by molar-refractivity contribution is 6.05. The molecule has 0 fully saturated rings. The van der Waals surface area contributed by atoms with Crippen LogP contribution >= 0.6 is 0 Å². The van der Waals surface area contributed by atoms with E-state index in [9.17, 15) is 27.9 Å². The number of hydrogen-bond donors (Lipinski definition) is 1. The largest absolute Gasteiger partial charge is 0.403 e. The predicted molar refractivity (Wildman–Crippen MR) is 86.6 cm³/mol. The van der Waals surface area contributed by atoms with Crippen LogP contribution in [0.2, 0.25) is 0 Å². The van der Waals surface area contributed by atoms with Gasteiger partial charge in [0.2, 0.25) is 5.91 Å². The second-order valence-electron chi connectivity index (χ2n) is 5.92. The zero-order valence-electron chi connectivity index (χ0n) is 13.5. The molecule has 0 spiro atoms. The average Bonchev–Trinajstić information content (AvgIpc) is 3.04. The number of benzene rings is 1. The number of pyridine rings is 1. The van der Waals surface area contributed by atoms with Crippen molar-refractivity contribution in [3.63, 3.8) is 0 Å². The van der Waals surface area contributed by atoms with Crippen LogP contribution in [-0.4, -0.2) is 40.6 Å². The molecule has 0 bridgehead atoms. The van der Waals surface area contributed by atoms with Crippen LogP contribution in [-0.2, 0) is 11.2 Å².